The van der Waals surface area contributed by atoms with Crippen molar-refractivity contribution in [1.29, 1.82) is 0 Å². The van der Waals surface area contributed by atoms with E-state index in [2.05, 4.69) is 5.32 Å². The molecule has 5 nitrogen and oxygen atoms in total. The van der Waals surface area contributed by atoms with Crippen LogP contribution in [0.5, 0.6) is 0 Å². The second-order valence-electron chi connectivity index (χ2n) is 6.60. The number of carbonyl (C=O) groups is 1. The van der Waals surface area contributed by atoms with Crippen LogP contribution in [0, 0.1) is 5.82 Å². The number of halogens is 1. The number of sulfonamides is 1. The summed E-state index contributed by atoms with van der Waals surface area (Å²) in [5.74, 6) is -0.889. The molecule has 1 amide bonds. The van der Waals surface area contributed by atoms with Gasteiger partial charge in [-0.25, -0.2) is 12.8 Å². The van der Waals surface area contributed by atoms with Crippen LogP contribution in [-0.4, -0.2) is 26.8 Å². The number of thioether (sulfide) groups is 1. The standard InChI is InChI=1S/C22H21FN2O3S2/c1-29-19-7-5-6-18(14-19)24-22(26)17-12-10-16(11-13-17)15-25(30(2,27)28)21-9-4-3-8-20(21)23/h3-14H,15H2,1-2H3,(H,24,26). The largest absolute Gasteiger partial charge is 0.322 e. The van der Waals surface area contributed by atoms with Crippen LogP contribution < -0.4 is 9.62 Å². The zero-order valence-corrected chi connectivity index (χ0v) is 18.1. The molecule has 1 N–H and O–H groups in total. The number of carbonyl (C=O) groups excluding carboxylic acids is 1. The summed E-state index contributed by atoms with van der Waals surface area (Å²) in [5, 5.41) is 2.84. The van der Waals surface area contributed by atoms with Crippen LogP contribution in [0.2, 0.25) is 0 Å². The van der Waals surface area contributed by atoms with E-state index in [1.54, 1.807) is 42.1 Å². The lowest BCUT2D eigenvalue weighted by Crippen LogP contribution is -2.30. The van der Waals surface area contributed by atoms with Crippen molar-refractivity contribution in [2.24, 2.45) is 0 Å². The van der Waals surface area contributed by atoms with Crippen LogP contribution >= 0.6 is 11.8 Å². The highest BCUT2D eigenvalue weighted by Crippen LogP contribution is 2.24. The number of hydrogen-bond donors (Lipinski definition) is 1. The smallest absolute Gasteiger partial charge is 0.255 e. The van der Waals surface area contributed by atoms with Crippen molar-refractivity contribution in [2.45, 2.75) is 11.4 Å². The van der Waals surface area contributed by atoms with Gasteiger partial charge >= 0.3 is 0 Å². The number of hydrogen-bond acceptors (Lipinski definition) is 4. The SMILES string of the molecule is CSc1cccc(NC(=O)c2ccc(CN(c3ccccc3F)S(C)(=O)=O)cc2)c1. The Hall–Kier alpha value is -2.84. The molecule has 0 heterocycles. The van der Waals surface area contributed by atoms with Crippen LogP contribution in [0.1, 0.15) is 15.9 Å². The fourth-order valence-electron chi connectivity index (χ4n) is 2.87. The summed E-state index contributed by atoms with van der Waals surface area (Å²) in [5.41, 5.74) is 1.74. The molecule has 0 aromatic heterocycles. The first-order valence-corrected chi connectivity index (χ1v) is 12.1. The molecule has 0 saturated heterocycles. The average molecular weight is 445 g/mol. The first-order valence-electron chi connectivity index (χ1n) is 9.04. The van der Waals surface area contributed by atoms with Gasteiger partial charge in [0.15, 0.2) is 0 Å². The molecular formula is C22H21FN2O3S2. The number of amides is 1. The summed E-state index contributed by atoms with van der Waals surface area (Å²) in [6.45, 7) is -0.0442. The topological polar surface area (TPSA) is 66.5 Å². The van der Waals surface area contributed by atoms with Crippen LogP contribution in [0.15, 0.2) is 77.7 Å². The van der Waals surface area contributed by atoms with Gasteiger partial charge in [-0.05, 0) is 54.3 Å². The van der Waals surface area contributed by atoms with Crippen molar-refractivity contribution in [3.63, 3.8) is 0 Å². The molecule has 30 heavy (non-hydrogen) atoms. The Morgan fingerprint density at radius 1 is 1.03 bits per heavy atom. The van der Waals surface area contributed by atoms with Gasteiger partial charge in [0.05, 0.1) is 18.5 Å². The Balaban J connectivity index is 1.77. The Labute approximate surface area is 180 Å². The number of rotatable bonds is 7. The molecule has 3 aromatic carbocycles. The highest BCUT2D eigenvalue weighted by molar-refractivity contribution is 7.98. The van der Waals surface area contributed by atoms with E-state index < -0.39 is 15.8 Å². The van der Waals surface area contributed by atoms with Crippen molar-refractivity contribution < 1.29 is 17.6 Å². The molecule has 0 unspecified atom stereocenters. The summed E-state index contributed by atoms with van der Waals surface area (Å²) >= 11 is 1.58. The normalized spacial score (nSPS) is 11.2. The van der Waals surface area contributed by atoms with Crippen molar-refractivity contribution in [3.05, 3.63) is 89.7 Å². The molecule has 0 fully saturated rings. The van der Waals surface area contributed by atoms with Crippen molar-refractivity contribution in [1.82, 2.24) is 0 Å². The van der Waals surface area contributed by atoms with E-state index in [0.29, 0.717) is 16.8 Å². The molecule has 3 aromatic rings. The number of para-hydroxylation sites is 1. The number of anilines is 2. The fraction of sp³-hybridized carbons (Fsp3) is 0.136. The lowest BCUT2D eigenvalue weighted by molar-refractivity contribution is 0.102. The van der Waals surface area contributed by atoms with Crippen LogP contribution in [0.4, 0.5) is 15.8 Å². The predicted molar refractivity (Wildman–Crippen MR) is 120 cm³/mol. The van der Waals surface area contributed by atoms with Crippen LogP contribution in [0.3, 0.4) is 0 Å². The third kappa shape index (κ3) is 5.40. The van der Waals surface area contributed by atoms with Gasteiger partial charge in [-0.15, -0.1) is 11.8 Å². The predicted octanol–water partition coefficient (Wildman–Crippen LogP) is 4.77. The minimum Gasteiger partial charge on any atom is -0.322 e. The summed E-state index contributed by atoms with van der Waals surface area (Å²) in [7, 11) is -3.70. The molecule has 0 aliphatic heterocycles. The van der Waals surface area contributed by atoms with E-state index in [1.165, 1.54) is 18.2 Å². The monoisotopic (exact) mass is 444 g/mol. The van der Waals surface area contributed by atoms with Gasteiger partial charge in [0.2, 0.25) is 10.0 Å². The molecular weight excluding hydrogens is 423 g/mol. The number of benzene rings is 3. The second-order valence-corrected chi connectivity index (χ2v) is 9.39. The minimum atomic E-state index is -3.70. The third-order valence-corrected chi connectivity index (χ3v) is 6.24. The van der Waals surface area contributed by atoms with Crippen LogP contribution in [0.25, 0.3) is 0 Å². The molecule has 0 atom stereocenters. The zero-order valence-electron chi connectivity index (χ0n) is 16.5. The van der Waals surface area contributed by atoms with Crippen molar-refractivity contribution >= 4 is 39.1 Å². The maximum Gasteiger partial charge on any atom is 0.255 e. The summed E-state index contributed by atoms with van der Waals surface area (Å²) < 4.78 is 39.6. The van der Waals surface area contributed by atoms with E-state index >= 15 is 0 Å². The van der Waals surface area contributed by atoms with E-state index in [-0.39, 0.29) is 18.1 Å². The molecule has 8 heteroatoms. The molecule has 0 aliphatic rings. The molecule has 0 radical (unpaired) electrons. The van der Waals surface area contributed by atoms with Gasteiger partial charge < -0.3 is 5.32 Å². The van der Waals surface area contributed by atoms with E-state index in [4.69, 9.17) is 0 Å². The van der Waals surface area contributed by atoms with E-state index in [0.717, 1.165) is 15.5 Å². The zero-order chi connectivity index (χ0) is 21.7. The maximum atomic E-state index is 14.1. The summed E-state index contributed by atoms with van der Waals surface area (Å²) in [4.78, 5) is 13.5. The molecule has 3 rings (SSSR count). The quantitative estimate of drug-likeness (QED) is 0.533. The maximum absolute atomic E-state index is 14.1. The second kappa shape index (κ2) is 9.32. The van der Waals surface area contributed by atoms with Gasteiger partial charge in [0.25, 0.3) is 5.91 Å². The molecule has 0 saturated carbocycles. The van der Waals surface area contributed by atoms with Crippen LogP contribution in [-0.2, 0) is 16.6 Å². The molecule has 0 spiro atoms. The molecule has 0 bridgehead atoms. The summed E-state index contributed by atoms with van der Waals surface area (Å²) in [6, 6.07) is 19.8. The van der Waals surface area contributed by atoms with E-state index in [9.17, 15) is 17.6 Å². The van der Waals surface area contributed by atoms with E-state index in [1.807, 2.05) is 30.5 Å². The van der Waals surface area contributed by atoms with Gasteiger partial charge in [-0.2, -0.15) is 0 Å². The highest BCUT2D eigenvalue weighted by atomic mass is 32.2. The Bertz CT molecular complexity index is 1150. The fourth-order valence-corrected chi connectivity index (χ4v) is 4.21. The lowest BCUT2D eigenvalue weighted by Gasteiger charge is -2.23. The Morgan fingerprint density at radius 3 is 2.37 bits per heavy atom. The van der Waals surface area contributed by atoms with Gasteiger partial charge in [0.1, 0.15) is 5.82 Å². The molecule has 0 aliphatic carbocycles. The number of nitrogens with zero attached hydrogens (tertiary/aromatic N) is 1. The minimum absolute atomic E-state index is 0.0181. The van der Waals surface area contributed by atoms with Gasteiger partial charge in [-0.3, -0.25) is 9.10 Å². The summed E-state index contributed by atoms with van der Waals surface area (Å²) in [6.07, 6.45) is 2.99. The average Bonchev–Trinajstić information content (AvgIpc) is 2.72. The highest BCUT2D eigenvalue weighted by Gasteiger charge is 2.21. The lowest BCUT2D eigenvalue weighted by atomic mass is 10.1. The first-order chi connectivity index (χ1) is 14.3. The first kappa shape index (κ1) is 21.9. The third-order valence-electron chi connectivity index (χ3n) is 4.39. The van der Waals surface area contributed by atoms with Gasteiger partial charge in [0, 0.05) is 16.1 Å². The molecule has 156 valence electrons. The Morgan fingerprint density at radius 2 is 1.73 bits per heavy atom. The van der Waals surface area contributed by atoms with Crippen molar-refractivity contribution in [3.8, 4) is 0 Å². The number of nitrogens with one attached hydrogen (secondary N) is 1. The van der Waals surface area contributed by atoms with Crippen molar-refractivity contribution in [2.75, 3.05) is 22.1 Å². The van der Waals surface area contributed by atoms with Gasteiger partial charge in [-0.1, -0.05) is 30.3 Å². The Kier molecular flexibility index (Phi) is 6.79.